The number of hydrogen-bond acceptors (Lipinski definition) is 2. The van der Waals surface area contributed by atoms with Crippen LogP contribution in [0.4, 0.5) is 10.5 Å². The Balaban J connectivity index is 1.80. The molecular formula is C16H13ClN2O2. The maximum atomic E-state index is 12.4. The van der Waals surface area contributed by atoms with Gasteiger partial charge in [-0.25, -0.2) is 9.69 Å². The van der Waals surface area contributed by atoms with Gasteiger partial charge in [-0.05, 0) is 29.8 Å². The van der Waals surface area contributed by atoms with Crippen LogP contribution in [-0.2, 0) is 11.3 Å². The second-order valence-electron chi connectivity index (χ2n) is 4.83. The normalized spacial score (nSPS) is 14.9. The van der Waals surface area contributed by atoms with E-state index >= 15 is 0 Å². The number of imide groups is 1. The Labute approximate surface area is 127 Å². The Hall–Kier alpha value is -2.33. The first-order chi connectivity index (χ1) is 10.1. The fourth-order valence-electron chi connectivity index (χ4n) is 2.32. The van der Waals surface area contributed by atoms with Gasteiger partial charge in [0.2, 0.25) is 0 Å². The van der Waals surface area contributed by atoms with Crippen LogP contribution < -0.4 is 4.90 Å². The summed E-state index contributed by atoms with van der Waals surface area (Å²) >= 11 is 5.83. The smallest absolute Gasteiger partial charge is 0.310 e. The number of anilines is 1. The van der Waals surface area contributed by atoms with E-state index in [0.29, 0.717) is 17.3 Å². The molecule has 2 aromatic carbocycles. The third-order valence-electron chi connectivity index (χ3n) is 3.34. The predicted octanol–water partition coefficient (Wildman–Crippen LogP) is 3.31. The molecule has 0 saturated carbocycles. The molecule has 3 rings (SSSR count). The standard InChI is InChI=1S/C16H13ClN2O2/c17-13-6-8-14(9-7-13)19-15(20)11-18(16(19)21)10-12-4-2-1-3-5-12/h1-9H,10-11H2. The molecule has 0 radical (unpaired) electrons. The molecule has 0 spiro atoms. The summed E-state index contributed by atoms with van der Waals surface area (Å²) in [5, 5.41) is 0.569. The lowest BCUT2D eigenvalue weighted by molar-refractivity contribution is -0.116. The average molecular weight is 301 g/mol. The van der Waals surface area contributed by atoms with Crippen molar-refractivity contribution in [2.24, 2.45) is 0 Å². The molecule has 0 N–H and O–H groups in total. The number of rotatable bonds is 3. The molecule has 4 nitrogen and oxygen atoms in total. The number of urea groups is 1. The molecule has 1 fully saturated rings. The van der Waals surface area contributed by atoms with Gasteiger partial charge in [-0.1, -0.05) is 41.9 Å². The molecule has 0 atom stereocenters. The molecule has 1 heterocycles. The molecular weight excluding hydrogens is 288 g/mol. The number of halogens is 1. The number of hydrogen-bond donors (Lipinski definition) is 0. The van der Waals surface area contributed by atoms with Gasteiger partial charge in [0.15, 0.2) is 0 Å². The molecule has 106 valence electrons. The maximum absolute atomic E-state index is 12.4. The molecule has 21 heavy (non-hydrogen) atoms. The minimum absolute atomic E-state index is 0.0936. The van der Waals surface area contributed by atoms with Crippen molar-refractivity contribution in [3.05, 3.63) is 65.2 Å². The Kier molecular flexibility index (Phi) is 3.62. The Morgan fingerprint density at radius 3 is 2.29 bits per heavy atom. The molecule has 3 amide bonds. The number of nitrogens with zero attached hydrogens (tertiary/aromatic N) is 2. The Morgan fingerprint density at radius 2 is 1.62 bits per heavy atom. The molecule has 1 saturated heterocycles. The largest absolute Gasteiger partial charge is 0.332 e. The second-order valence-corrected chi connectivity index (χ2v) is 5.27. The summed E-state index contributed by atoms with van der Waals surface area (Å²) in [7, 11) is 0. The highest BCUT2D eigenvalue weighted by molar-refractivity contribution is 6.30. The first kappa shape index (κ1) is 13.6. The molecule has 1 aliphatic heterocycles. The summed E-state index contributed by atoms with van der Waals surface area (Å²) in [6.45, 7) is 0.520. The van der Waals surface area contributed by atoms with Gasteiger partial charge in [0, 0.05) is 11.6 Å². The summed E-state index contributed by atoms with van der Waals surface area (Å²) in [4.78, 5) is 27.2. The summed E-state index contributed by atoms with van der Waals surface area (Å²) in [6, 6.07) is 16.0. The van der Waals surface area contributed by atoms with E-state index in [4.69, 9.17) is 11.6 Å². The minimum atomic E-state index is -0.300. The van der Waals surface area contributed by atoms with Gasteiger partial charge < -0.3 is 4.90 Å². The van der Waals surface area contributed by atoms with E-state index in [-0.39, 0.29) is 18.5 Å². The van der Waals surface area contributed by atoms with Crippen LogP contribution in [0.1, 0.15) is 5.56 Å². The van der Waals surface area contributed by atoms with Crippen molar-refractivity contribution >= 4 is 29.2 Å². The van der Waals surface area contributed by atoms with Crippen LogP contribution >= 0.6 is 11.6 Å². The lowest BCUT2D eigenvalue weighted by Gasteiger charge is -2.17. The lowest BCUT2D eigenvalue weighted by Crippen LogP contribution is -2.32. The monoisotopic (exact) mass is 300 g/mol. The zero-order chi connectivity index (χ0) is 14.8. The van der Waals surface area contributed by atoms with Crippen molar-refractivity contribution in [1.82, 2.24) is 4.90 Å². The van der Waals surface area contributed by atoms with Crippen molar-refractivity contribution < 1.29 is 9.59 Å². The van der Waals surface area contributed by atoms with Crippen molar-refractivity contribution in [2.75, 3.05) is 11.4 Å². The van der Waals surface area contributed by atoms with Crippen LogP contribution in [0.5, 0.6) is 0 Å². The molecule has 1 aliphatic rings. The van der Waals surface area contributed by atoms with E-state index in [9.17, 15) is 9.59 Å². The number of benzene rings is 2. The molecule has 2 aromatic rings. The van der Waals surface area contributed by atoms with E-state index in [2.05, 4.69) is 0 Å². The molecule has 0 bridgehead atoms. The first-order valence-electron chi connectivity index (χ1n) is 6.56. The van der Waals surface area contributed by atoms with Gasteiger partial charge >= 0.3 is 6.03 Å². The number of amides is 3. The van der Waals surface area contributed by atoms with Crippen molar-refractivity contribution in [3.8, 4) is 0 Å². The van der Waals surface area contributed by atoms with E-state index in [1.54, 1.807) is 24.3 Å². The maximum Gasteiger partial charge on any atom is 0.332 e. The SMILES string of the molecule is O=C1CN(Cc2ccccc2)C(=O)N1c1ccc(Cl)cc1. The fraction of sp³-hybridized carbons (Fsp3) is 0.125. The second kappa shape index (κ2) is 5.58. The first-order valence-corrected chi connectivity index (χ1v) is 6.94. The third-order valence-corrected chi connectivity index (χ3v) is 3.59. The summed E-state index contributed by atoms with van der Waals surface area (Å²) in [5.74, 6) is -0.224. The minimum Gasteiger partial charge on any atom is -0.310 e. The van der Waals surface area contributed by atoms with Gasteiger partial charge in [-0.15, -0.1) is 0 Å². The number of carbonyl (C=O) groups is 2. The van der Waals surface area contributed by atoms with E-state index in [0.717, 1.165) is 5.56 Å². The highest BCUT2D eigenvalue weighted by Gasteiger charge is 2.36. The van der Waals surface area contributed by atoms with Crippen LogP contribution in [0, 0.1) is 0 Å². The van der Waals surface area contributed by atoms with E-state index in [1.807, 2.05) is 30.3 Å². The zero-order valence-electron chi connectivity index (χ0n) is 11.2. The van der Waals surface area contributed by atoms with Crippen LogP contribution in [-0.4, -0.2) is 23.4 Å². The quantitative estimate of drug-likeness (QED) is 0.816. The third kappa shape index (κ3) is 2.76. The molecule has 0 unspecified atom stereocenters. The van der Waals surface area contributed by atoms with E-state index in [1.165, 1.54) is 9.80 Å². The molecule has 0 aromatic heterocycles. The van der Waals surface area contributed by atoms with Gasteiger partial charge in [0.05, 0.1) is 5.69 Å². The van der Waals surface area contributed by atoms with E-state index < -0.39 is 0 Å². The molecule has 0 aliphatic carbocycles. The van der Waals surface area contributed by atoms with Gasteiger partial charge in [0.1, 0.15) is 6.54 Å². The van der Waals surface area contributed by atoms with Crippen LogP contribution in [0.15, 0.2) is 54.6 Å². The zero-order valence-corrected chi connectivity index (χ0v) is 12.0. The summed E-state index contributed by atoms with van der Waals surface area (Å²) in [5.41, 5.74) is 1.54. The van der Waals surface area contributed by atoms with Crippen LogP contribution in [0.25, 0.3) is 0 Å². The van der Waals surface area contributed by atoms with Gasteiger partial charge in [-0.3, -0.25) is 4.79 Å². The molecule has 5 heteroatoms. The predicted molar refractivity (Wildman–Crippen MR) is 81.2 cm³/mol. The summed E-state index contributed by atoms with van der Waals surface area (Å²) < 4.78 is 0. The van der Waals surface area contributed by atoms with Crippen molar-refractivity contribution in [2.45, 2.75) is 6.54 Å². The Bertz CT molecular complexity index is 670. The highest BCUT2D eigenvalue weighted by atomic mass is 35.5. The van der Waals surface area contributed by atoms with Crippen LogP contribution in [0.2, 0.25) is 5.02 Å². The lowest BCUT2D eigenvalue weighted by atomic mass is 10.2. The summed E-state index contributed by atoms with van der Waals surface area (Å²) in [6.07, 6.45) is 0. The van der Waals surface area contributed by atoms with Crippen LogP contribution in [0.3, 0.4) is 0 Å². The fourth-order valence-corrected chi connectivity index (χ4v) is 2.45. The highest BCUT2D eigenvalue weighted by Crippen LogP contribution is 2.24. The van der Waals surface area contributed by atoms with Crippen molar-refractivity contribution in [3.63, 3.8) is 0 Å². The average Bonchev–Trinajstić information content (AvgIpc) is 2.76. The number of carbonyl (C=O) groups excluding carboxylic acids is 2. The van der Waals surface area contributed by atoms with Gasteiger partial charge in [-0.2, -0.15) is 0 Å². The Morgan fingerprint density at radius 1 is 0.952 bits per heavy atom. The van der Waals surface area contributed by atoms with Crippen molar-refractivity contribution in [1.29, 1.82) is 0 Å². The topological polar surface area (TPSA) is 40.6 Å². The van der Waals surface area contributed by atoms with Gasteiger partial charge in [0.25, 0.3) is 5.91 Å².